The summed E-state index contributed by atoms with van der Waals surface area (Å²) in [6.07, 6.45) is 2.28. The van der Waals surface area contributed by atoms with Crippen LogP contribution in [0.25, 0.3) is 6.08 Å². The summed E-state index contributed by atoms with van der Waals surface area (Å²) in [5.41, 5.74) is 4.87. The van der Waals surface area contributed by atoms with Gasteiger partial charge in [0, 0.05) is 11.6 Å². The van der Waals surface area contributed by atoms with E-state index in [0.717, 1.165) is 18.2 Å². The van der Waals surface area contributed by atoms with E-state index in [1.807, 2.05) is 0 Å². The third-order valence-corrected chi connectivity index (χ3v) is 1.69. The number of nitrogens with zero attached hydrogens (tertiary/aromatic N) is 2. The van der Waals surface area contributed by atoms with Gasteiger partial charge < -0.3 is 5.73 Å². The molecule has 0 atom stereocenters. The number of benzene rings is 1. The Morgan fingerprint density at radius 3 is 2.80 bits per heavy atom. The van der Waals surface area contributed by atoms with Crippen LogP contribution in [0.2, 0.25) is 0 Å². The first-order valence-electron chi connectivity index (χ1n) is 3.86. The Labute approximate surface area is 84.4 Å². The van der Waals surface area contributed by atoms with E-state index in [4.69, 9.17) is 11.0 Å². The summed E-state index contributed by atoms with van der Waals surface area (Å²) < 4.78 is 12.9. The van der Waals surface area contributed by atoms with Crippen LogP contribution in [-0.2, 0) is 0 Å². The van der Waals surface area contributed by atoms with Crippen molar-refractivity contribution in [2.75, 3.05) is 5.73 Å². The van der Waals surface area contributed by atoms with Crippen molar-refractivity contribution < 1.29 is 9.31 Å². The molecule has 0 saturated heterocycles. The summed E-state index contributed by atoms with van der Waals surface area (Å²) in [5.74, 6) is -0.770. The van der Waals surface area contributed by atoms with E-state index >= 15 is 0 Å². The number of rotatable bonds is 2. The van der Waals surface area contributed by atoms with Crippen LogP contribution in [-0.4, -0.2) is 4.92 Å². The Balaban J connectivity index is 3.36. The number of nitrogen functional groups attached to an aromatic ring is 1. The highest BCUT2D eigenvalue weighted by molar-refractivity contribution is 5.73. The number of nitrogens with two attached hydrogens (primary N) is 1. The lowest BCUT2D eigenvalue weighted by Gasteiger charge is -2.01. The van der Waals surface area contributed by atoms with Gasteiger partial charge >= 0.3 is 0 Å². The van der Waals surface area contributed by atoms with E-state index in [0.29, 0.717) is 0 Å². The molecule has 0 aliphatic rings. The molecule has 0 spiro atoms. The molecule has 6 heteroatoms. The molecule has 0 aromatic heterocycles. The first kappa shape index (κ1) is 10.7. The molecule has 0 saturated carbocycles. The molecule has 0 fully saturated rings. The van der Waals surface area contributed by atoms with Crippen LogP contribution >= 0.6 is 0 Å². The zero-order valence-corrected chi connectivity index (χ0v) is 7.48. The third-order valence-electron chi connectivity index (χ3n) is 1.69. The fraction of sp³-hybridized carbons (Fsp3) is 0. The van der Waals surface area contributed by atoms with Crippen molar-refractivity contribution in [2.45, 2.75) is 0 Å². The highest BCUT2D eigenvalue weighted by Gasteiger charge is 2.15. The van der Waals surface area contributed by atoms with Crippen molar-refractivity contribution in [3.05, 3.63) is 39.7 Å². The molecule has 0 aliphatic carbocycles. The second-order valence-corrected chi connectivity index (χ2v) is 2.65. The van der Waals surface area contributed by atoms with E-state index < -0.39 is 16.4 Å². The summed E-state index contributed by atoms with van der Waals surface area (Å²) >= 11 is 0. The van der Waals surface area contributed by atoms with Crippen molar-refractivity contribution in [3.8, 4) is 6.07 Å². The lowest BCUT2D eigenvalue weighted by atomic mass is 10.1. The van der Waals surface area contributed by atoms with Crippen LogP contribution in [0.15, 0.2) is 18.2 Å². The fourth-order valence-corrected chi connectivity index (χ4v) is 1.04. The van der Waals surface area contributed by atoms with Crippen molar-refractivity contribution in [3.63, 3.8) is 0 Å². The predicted molar refractivity (Wildman–Crippen MR) is 52.1 cm³/mol. The van der Waals surface area contributed by atoms with Gasteiger partial charge in [-0.3, -0.25) is 10.1 Å². The largest absolute Gasteiger partial charge is 0.393 e. The quantitative estimate of drug-likeness (QED) is 0.346. The monoisotopic (exact) mass is 207 g/mol. The van der Waals surface area contributed by atoms with Gasteiger partial charge in [0.2, 0.25) is 0 Å². The second kappa shape index (κ2) is 4.19. The number of allylic oxidation sites excluding steroid dienone is 1. The maximum atomic E-state index is 12.9. The molecule has 1 aromatic carbocycles. The first-order chi connectivity index (χ1) is 7.06. The molecule has 5 nitrogen and oxygen atoms in total. The Bertz CT molecular complexity index is 477. The summed E-state index contributed by atoms with van der Waals surface area (Å²) in [6, 6.07) is 3.44. The maximum Gasteiger partial charge on any atom is 0.295 e. The molecule has 1 rings (SSSR count). The van der Waals surface area contributed by atoms with Crippen LogP contribution in [0.3, 0.4) is 0 Å². The minimum absolute atomic E-state index is 0.114. The van der Waals surface area contributed by atoms with Crippen molar-refractivity contribution in [2.24, 2.45) is 0 Å². The van der Waals surface area contributed by atoms with Crippen LogP contribution < -0.4 is 5.73 Å². The SMILES string of the molecule is N#CC=Cc1cc(F)cc([N+](=O)[O-])c1N. The van der Waals surface area contributed by atoms with Gasteiger partial charge in [0.15, 0.2) is 0 Å². The molecular formula is C9H6FN3O2. The van der Waals surface area contributed by atoms with Crippen LogP contribution in [0.1, 0.15) is 5.56 Å². The molecule has 0 unspecified atom stereocenters. The van der Waals surface area contributed by atoms with Crippen LogP contribution in [0, 0.1) is 27.3 Å². The lowest BCUT2D eigenvalue weighted by molar-refractivity contribution is -0.384. The smallest absolute Gasteiger partial charge is 0.295 e. The van der Waals surface area contributed by atoms with Gasteiger partial charge in [0.25, 0.3) is 5.69 Å². The molecule has 15 heavy (non-hydrogen) atoms. The topological polar surface area (TPSA) is 92.9 Å². The summed E-state index contributed by atoms with van der Waals surface area (Å²) in [4.78, 5) is 9.69. The van der Waals surface area contributed by atoms with Gasteiger partial charge in [0.1, 0.15) is 11.5 Å². The molecular weight excluding hydrogens is 201 g/mol. The minimum Gasteiger partial charge on any atom is -0.393 e. The highest BCUT2D eigenvalue weighted by Crippen LogP contribution is 2.27. The predicted octanol–water partition coefficient (Wildman–Crippen LogP) is 1.85. The minimum atomic E-state index is -0.776. The van der Waals surface area contributed by atoms with Gasteiger partial charge in [-0.15, -0.1) is 0 Å². The number of halogens is 1. The van der Waals surface area contributed by atoms with E-state index in [1.165, 1.54) is 6.08 Å². The number of hydrogen-bond donors (Lipinski definition) is 1. The van der Waals surface area contributed by atoms with E-state index in [-0.39, 0.29) is 11.3 Å². The summed E-state index contributed by atoms with van der Waals surface area (Å²) in [6.45, 7) is 0. The standard InChI is InChI=1S/C9H6FN3O2/c10-7-4-6(2-1-3-11)9(12)8(5-7)13(14)15/h1-2,4-5H,12H2. The second-order valence-electron chi connectivity index (χ2n) is 2.65. The Morgan fingerprint density at radius 2 is 2.27 bits per heavy atom. The number of nitriles is 1. The van der Waals surface area contributed by atoms with Crippen molar-refractivity contribution >= 4 is 17.5 Å². The zero-order valence-electron chi connectivity index (χ0n) is 7.48. The number of anilines is 1. The van der Waals surface area contributed by atoms with Gasteiger partial charge in [-0.25, -0.2) is 4.39 Å². The Kier molecular flexibility index (Phi) is 2.98. The van der Waals surface area contributed by atoms with Gasteiger partial charge in [-0.1, -0.05) is 0 Å². The molecule has 0 aliphatic heterocycles. The molecule has 0 amide bonds. The number of nitro groups is 1. The zero-order chi connectivity index (χ0) is 11.4. The van der Waals surface area contributed by atoms with Crippen LogP contribution in [0.5, 0.6) is 0 Å². The summed E-state index contributed by atoms with van der Waals surface area (Å²) in [7, 11) is 0. The average Bonchev–Trinajstić information content (AvgIpc) is 2.18. The van der Waals surface area contributed by atoms with Gasteiger partial charge in [-0.2, -0.15) is 5.26 Å². The molecule has 0 bridgehead atoms. The molecule has 0 heterocycles. The van der Waals surface area contributed by atoms with Crippen molar-refractivity contribution in [1.82, 2.24) is 0 Å². The molecule has 0 radical (unpaired) electrons. The Hall–Kier alpha value is -2.42. The average molecular weight is 207 g/mol. The number of hydrogen-bond acceptors (Lipinski definition) is 4. The highest BCUT2D eigenvalue weighted by atomic mass is 19.1. The third kappa shape index (κ3) is 2.28. The van der Waals surface area contributed by atoms with Crippen molar-refractivity contribution in [1.29, 1.82) is 5.26 Å². The maximum absolute atomic E-state index is 12.9. The van der Waals surface area contributed by atoms with Gasteiger partial charge in [0.05, 0.1) is 17.1 Å². The first-order valence-corrected chi connectivity index (χ1v) is 3.86. The summed E-state index contributed by atoms with van der Waals surface area (Å²) in [5, 5.41) is 18.7. The molecule has 2 N–H and O–H groups in total. The van der Waals surface area contributed by atoms with E-state index in [9.17, 15) is 14.5 Å². The van der Waals surface area contributed by atoms with E-state index in [2.05, 4.69) is 0 Å². The fourth-order valence-electron chi connectivity index (χ4n) is 1.04. The molecule has 76 valence electrons. The van der Waals surface area contributed by atoms with Gasteiger partial charge in [-0.05, 0) is 12.1 Å². The van der Waals surface area contributed by atoms with E-state index in [1.54, 1.807) is 6.07 Å². The number of nitro benzene ring substituents is 1. The van der Waals surface area contributed by atoms with Crippen LogP contribution in [0.4, 0.5) is 15.8 Å². The lowest BCUT2D eigenvalue weighted by Crippen LogP contribution is -1.99. The Morgan fingerprint density at radius 1 is 1.60 bits per heavy atom. The normalized spacial score (nSPS) is 10.1. The molecule has 1 aromatic rings.